The highest BCUT2D eigenvalue weighted by molar-refractivity contribution is 7.99. The van der Waals surface area contributed by atoms with E-state index in [1.54, 1.807) is 29.2 Å². The van der Waals surface area contributed by atoms with Crippen molar-refractivity contribution in [2.24, 2.45) is 0 Å². The lowest BCUT2D eigenvalue weighted by Crippen LogP contribution is -2.35. The first-order chi connectivity index (χ1) is 13.1. The van der Waals surface area contributed by atoms with Gasteiger partial charge in [0.05, 0.1) is 18.3 Å². The summed E-state index contributed by atoms with van der Waals surface area (Å²) in [6.07, 6.45) is 2.98. The van der Waals surface area contributed by atoms with Crippen molar-refractivity contribution in [2.45, 2.75) is 23.2 Å². The minimum Gasteiger partial charge on any atom is -0.329 e. The second-order valence-corrected chi connectivity index (χ2v) is 6.59. The zero-order chi connectivity index (χ0) is 19.1. The van der Waals surface area contributed by atoms with Crippen molar-refractivity contribution in [2.75, 3.05) is 5.32 Å². The molecule has 0 radical (unpaired) electrons. The zero-order valence-electron chi connectivity index (χ0n) is 14.1. The van der Waals surface area contributed by atoms with E-state index < -0.39 is 11.8 Å². The van der Waals surface area contributed by atoms with Crippen molar-refractivity contribution in [3.05, 3.63) is 72.8 Å². The molecule has 3 aromatic rings. The number of rotatable bonds is 7. The van der Waals surface area contributed by atoms with Gasteiger partial charge in [-0.15, -0.1) is 0 Å². The van der Waals surface area contributed by atoms with E-state index in [1.807, 2.05) is 30.3 Å². The van der Waals surface area contributed by atoms with Gasteiger partial charge in [0, 0.05) is 4.90 Å². The highest BCUT2D eigenvalue weighted by Crippen LogP contribution is 2.31. The normalized spacial score (nSPS) is 12.0. The first-order valence-corrected chi connectivity index (χ1v) is 8.98. The van der Waals surface area contributed by atoms with Gasteiger partial charge >= 0.3 is 6.03 Å². The molecule has 0 aliphatic rings. The van der Waals surface area contributed by atoms with Crippen LogP contribution in [-0.4, -0.2) is 26.6 Å². The van der Waals surface area contributed by atoms with Gasteiger partial charge in [-0.2, -0.15) is 13.9 Å². The molecule has 0 aliphatic carbocycles. The zero-order valence-corrected chi connectivity index (χ0v) is 14.9. The van der Waals surface area contributed by atoms with Crippen LogP contribution in [0.5, 0.6) is 0 Å². The van der Waals surface area contributed by atoms with Gasteiger partial charge in [0.25, 0.3) is 5.76 Å². The van der Waals surface area contributed by atoms with Crippen LogP contribution >= 0.6 is 11.8 Å². The number of nitrogens with one attached hydrogen (secondary N) is 2. The summed E-state index contributed by atoms with van der Waals surface area (Å²) in [5.74, 6) is -2.57. The molecule has 0 saturated carbocycles. The number of para-hydroxylation sites is 1. The van der Waals surface area contributed by atoms with Gasteiger partial charge in [0.2, 0.25) is 0 Å². The highest BCUT2D eigenvalue weighted by Gasteiger charge is 2.17. The molecule has 1 aromatic heterocycles. The van der Waals surface area contributed by atoms with E-state index in [9.17, 15) is 13.6 Å². The summed E-state index contributed by atoms with van der Waals surface area (Å²) >= 11 is 0.388. The smallest absolute Gasteiger partial charge is 0.319 e. The molecule has 0 fully saturated rings. The van der Waals surface area contributed by atoms with Crippen LogP contribution in [-0.2, 0) is 6.54 Å². The lowest BCUT2D eigenvalue weighted by atomic mass is 10.1. The summed E-state index contributed by atoms with van der Waals surface area (Å²) < 4.78 is 27.0. The molecule has 2 amide bonds. The quantitative estimate of drug-likeness (QED) is 0.596. The van der Waals surface area contributed by atoms with Crippen molar-refractivity contribution >= 4 is 23.5 Å². The molecule has 3 rings (SSSR count). The standard InChI is InChI=1S/C18H17F2N5OS/c19-17(20)27-16-9-5-4-8-14(16)23-18(26)24-15(10-25-12-21-11-22-25)13-6-2-1-3-7-13/h1-9,11-12,15,17H,10H2,(H2,23,24,26). The molecule has 1 atom stereocenters. The topological polar surface area (TPSA) is 71.8 Å². The molecule has 27 heavy (non-hydrogen) atoms. The third-order valence-corrected chi connectivity index (χ3v) is 4.48. The van der Waals surface area contributed by atoms with Gasteiger partial charge in [-0.05, 0) is 17.7 Å². The van der Waals surface area contributed by atoms with Crippen LogP contribution in [0.25, 0.3) is 0 Å². The molecule has 1 unspecified atom stereocenters. The van der Waals surface area contributed by atoms with Gasteiger partial charge in [0.1, 0.15) is 12.7 Å². The average molecular weight is 389 g/mol. The number of nitrogens with zero attached hydrogens (tertiary/aromatic N) is 3. The van der Waals surface area contributed by atoms with Crippen LogP contribution in [0.4, 0.5) is 19.3 Å². The average Bonchev–Trinajstić information content (AvgIpc) is 3.16. The second-order valence-electron chi connectivity index (χ2n) is 5.55. The van der Waals surface area contributed by atoms with Crippen molar-refractivity contribution in [1.82, 2.24) is 20.1 Å². The van der Waals surface area contributed by atoms with Crippen molar-refractivity contribution < 1.29 is 13.6 Å². The Bertz CT molecular complexity index is 861. The Morgan fingerprint density at radius 2 is 1.85 bits per heavy atom. The predicted octanol–water partition coefficient (Wildman–Crippen LogP) is 4.16. The fourth-order valence-corrected chi connectivity index (χ4v) is 3.11. The predicted molar refractivity (Wildman–Crippen MR) is 99.7 cm³/mol. The highest BCUT2D eigenvalue weighted by atomic mass is 32.2. The van der Waals surface area contributed by atoms with Crippen LogP contribution in [0.3, 0.4) is 0 Å². The van der Waals surface area contributed by atoms with Crippen molar-refractivity contribution in [3.8, 4) is 0 Å². The first kappa shape index (κ1) is 18.8. The number of benzene rings is 2. The van der Waals surface area contributed by atoms with Crippen LogP contribution in [0.1, 0.15) is 11.6 Å². The number of urea groups is 1. The fraction of sp³-hybridized carbons (Fsp3) is 0.167. The van der Waals surface area contributed by atoms with Gasteiger partial charge < -0.3 is 10.6 Å². The monoisotopic (exact) mass is 389 g/mol. The molecule has 2 aromatic carbocycles. The van der Waals surface area contributed by atoms with Gasteiger partial charge in [0.15, 0.2) is 0 Å². The van der Waals surface area contributed by atoms with E-state index in [2.05, 4.69) is 20.7 Å². The van der Waals surface area contributed by atoms with E-state index in [0.29, 0.717) is 28.9 Å². The molecule has 0 bridgehead atoms. The first-order valence-electron chi connectivity index (χ1n) is 8.10. The number of hydrogen-bond acceptors (Lipinski definition) is 4. The van der Waals surface area contributed by atoms with E-state index in [0.717, 1.165) is 5.56 Å². The summed E-state index contributed by atoms with van der Waals surface area (Å²) in [6, 6.07) is 15.0. The number of carbonyl (C=O) groups excluding carboxylic acids is 1. The molecule has 0 spiro atoms. The van der Waals surface area contributed by atoms with E-state index >= 15 is 0 Å². The Balaban J connectivity index is 1.73. The maximum absolute atomic E-state index is 12.7. The maximum atomic E-state index is 12.7. The van der Waals surface area contributed by atoms with Gasteiger partial charge in [-0.25, -0.2) is 9.78 Å². The number of aromatic nitrogens is 3. The Hall–Kier alpha value is -2.94. The molecular formula is C18H17F2N5OS. The van der Waals surface area contributed by atoms with Gasteiger partial charge in [-0.3, -0.25) is 4.68 Å². The number of thioether (sulfide) groups is 1. The molecule has 140 valence electrons. The lowest BCUT2D eigenvalue weighted by Gasteiger charge is -2.20. The Kier molecular flexibility index (Phi) is 6.37. The van der Waals surface area contributed by atoms with E-state index in [1.165, 1.54) is 12.4 Å². The summed E-state index contributed by atoms with van der Waals surface area (Å²) in [5.41, 5.74) is 1.21. The Morgan fingerprint density at radius 3 is 2.56 bits per heavy atom. The maximum Gasteiger partial charge on any atom is 0.319 e. The molecule has 2 N–H and O–H groups in total. The number of carbonyl (C=O) groups is 1. The molecule has 1 heterocycles. The van der Waals surface area contributed by atoms with Crippen LogP contribution < -0.4 is 10.6 Å². The largest absolute Gasteiger partial charge is 0.329 e. The number of anilines is 1. The third kappa shape index (κ3) is 5.52. The molecule has 0 saturated heterocycles. The number of amides is 2. The van der Waals surface area contributed by atoms with Crippen molar-refractivity contribution in [1.29, 1.82) is 0 Å². The van der Waals surface area contributed by atoms with E-state index in [4.69, 9.17) is 0 Å². The van der Waals surface area contributed by atoms with E-state index in [-0.39, 0.29) is 6.04 Å². The van der Waals surface area contributed by atoms with Crippen LogP contribution in [0.15, 0.2) is 72.1 Å². The van der Waals surface area contributed by atoms with Crippen LogP contribution in [0, 0.1) is 0 Å². The summed E-state index contributed by atoms with van der Waals surface area (Å²) in [7, 11) is 0. The molecule has 9 heteroatoms. The van der Waals surface area contributed by atoms with Crippen LogP contribution in [0.2, 0.25) is 0 Å². The van der Waals surface area contributed by atoms with Gasteiger partial charge in [-0.1, -0.05) is 54.2 Å². The third-order valence-electron chi connectivity index (χ3n) is 3.69. The SMILES string of the molecule is O=C(Nc1ccccc1SC(F)F)NC(Cn1cncn1)c1ccccc1. The Morgan fingerprint density at radius 1 is 1.11 bits per heavy atom. The summed E-state index contributed by atoms with van der Waals surface area (Å²) in [5, 5.41) is 9.58. The molecule has 0 aliphatic heterocycles. The summed E-state index contributed by atoms with van der Waals surface area (Å²) in [6.45, 7) is 0.380. The Labute approximate surface area is 159 Å². The molecular weight excluding hydrogens is 372 g/mol. The number of halogens is 2. The second kappa shape index (κ2) is 9.13. The number of hydrogen-bond donors (Lipinski definition) is 2. The number of alkyl halides is 2. The summed E-state index contributed by atoms with van der Waals surface area (Å²) in [4.78, 5) is 16.7. The fourth-order valence-electron chi connectivity index (χ4n) is 2.52. The van der Waals surface area contributed by atoms with Crippen molar-refractivity contribution in [3.63, 3.8) is 0 Å². The minimum atomic E-state index is -2.57. The minimum absolute atomic E-state index is 0.301. The molecule has 6 nitrogen and oxygen atoms in total. The lowest BCUT2D eigenvalue weighted by molar-refractivity contribution is 0.246.